The Morgan fingerprint density at radius 1 is 1.14 bits per heavy atom. The SMILES string of the molecule is CCC(Sc1cc(C)ncn1)C(=O)Nc1cc(C)cc(C)c1. The molecule has 4 nitrogen and oxygen atoms in total. The number of hydrogen-bond acceptors (Lipinski definition) is 4. The maximum atomic E-state index is 12.5. The van der Waals surface area contributed by atoms with Crippen LogP contribution in [0.2, 0.25) is 0 Å². The predicted molar refractivity (Wildman–Crippen MR) is 91.3 cm³/mol. The molecule has 1 aromatic carbocycles. The molecule has 116 valence electrons. The van der Waals surface area contributed by atoms with E-state index >= 15 is 0 Å². The van der Waals surface area contributed by atoms with E-state index in [4.69, 9.17) is 0 Å². The number of benzene rings is 1. The summed E-state index contributed by atoms with van der Waals surface area (Å²) >= 11 is 1.48. The van der Waals surface area contributed by atoms with Crippen LogP contribution in [-0.4, -0.2) is 21.1 Å². The number of carbonyl (C=O) groups excluding carboxylic acids is 1. The van der Waals surface area contributed by atoms with Crippen LogP contribution in [0.15, 0.2) is 35.6 Å². The van der Waals surface area contributed by atoms with Crippen molar-refractivity contribution >= 4 is 23.4 Å². The van der Waals surface area contributed by atoms with Crippen molar-refractivity contribution in [1.82, 2.24) is 9.97 Å². The molecule has 1 atom stereocenters. The number of aromatic nitrogens is 2. The number of nitrogens with one attached hydrogen (secondary N) is 1. The Balaban J connectivity index is 2.08. The van der Waals surface area contributed by atoms with E-state index in [0.29, 0.717) is 0 Å². The Labute approximate surface area is 135 Å². The van der Waals surface area contributed by atoms with Crippen molar-refractivity contribution in [2.45, 2.75) is 44.4 Å². The second-order valence-electron chi connectivity index (χ2n) is 5.38. The van der Waals surface area contributed by atoms with Crippen LogP contribution in [0.1, 0.15) is 30.2 Å². The summed E-state index contributed by atoms with van der Waals surface area (Å²) in [5.74, 6) is 0.00812. The van der Waals surface area contributed by atoms with Crippen LogP contribution in [-0.2, 0) is 4.79 Å². The highest BCUT2D eigenvalue weighted by Gasteiger charge is 2.19. The third-order valence-electron chi connectivity index (χ3n) is 3.19. The van der Waals surface area contributed by atoms with E-state index < -0.39 is 0 Å². The van der Waals surface area contributed by atoms with Crippen LogP contribution in [0.25, 0.3) is 0 Å². The van der Waals surface area contributed by atoms with Gasteiger partial charge in [0.25, 0.3) is 0 Å². The molecule has 0 bridgehead atoms. The Hall–Kier alpha value is -1.88. The lowest BCUT2D eigenvalue weighted by Gasteiger charge is -2.15. The fourth-order valence-corrected chi connectivity index (χ4v) is 3.20. The van der Waals surface area contributed by atoms with Crippen LogP contribution in [0.3, 0.4) is 0 Å². The van der Waals surface area contributed by atoms with Crippen molar-refractivity contribution in [2.24, 2.45) is 0 Å². The quantitative estimate of drug-likeness (QED) is 0.671. The molecule has 0 aliphatic heterocycles. The number of aryl methyl sites for hydroxylation is 3. The topological polar surface area (TPSA) is 54.9 Å². The minimum atomic E-state index is -0.171. The molecular weight excluding hydrogens is 294 g/mol. The fourth-order valence-electron chi connectivity index (χ4n) is 2.23. The van der Waals surface area contributed by atoms with E-state index in [-0.39, 0.29) is 11.2 Å². The Morgan fingerprint density at radius 3 is 2.41 bits per heavy atom. The molecule has 0 radical (unpaired) electrons. The molecule has 1 aromatic heterocycles. The van der Waals surface area contributed by atoms with Crippen molar-refractivity contribution in [3.63, 3.8) is 0 Å². The zero-order valence-electron chi connectivity index (χ0n) is 13.4. The van der Waals surface area contributed by atoms with E-state index in [9.17, 15) is 4.79 Å². The summed E-state index contributed by atoms with van der Waals surface area (Å²) in [6.45, 7) is 7.98. The predicted octanol–water partition coefficient (Wildman–Crippen LogP) is 3.91. The summed E-state index contributed by atoms with van der Waals surface area (Å²) in [6.07, 6.45) is 2.27. The van der Waals surface area contributed by atoms with Crippen molar-refractivity contribution in [2.75, 3.05) is 5.32 Å². The summed E-state index contributed by atoms with van der Waals surface area (Å²) < 4.78 is 0. The molecule has 0 saturated heterocycles. The minimum absolute atomic E-state index is 0.00812. The van der Waals surface area contributed by atoms with Gasteiger partial charge >= 0.3 is 0 Å². The molecule has 2 aromatic rings. The first kappa shape index (κ1) is 16.5. The zero-order valence-corrected chi connectivity index (χ0v) is 14.2. The van der Waals surface area contributed by atoms with Crippen molar-refractivity contribution in [1.29, 1.82) is 0 Å². The van der Waals surface area contributed by atoms with Crippen LogP contribution in [0.4, 0.5) is 5.69 Å². The molecular formula is C17H21N3OS. The van der Waals surface area contributed by atoms with Crippen LogP contribution < -0.4 is 5.32 Å². The Morgan fingerprint density at radius 2 is 1.82 bits per heavy atom. The number of hydrogen-bond donors (Lipinski definition) is 1. The normalized spacial score (nSPS) is 12.0. The van der Waals surface area contributed by atoms with Gasteiger partial charge in [0.1, 0.15) is 11.4 Å². The molecule has 0 fully saturated rings. The van der Waals surface area contributed by atoms with Gasteiger partial charge in [-0.05, 0) is 56.5 Å². The van der Waals surface area contributed by atoms with E-state index in [2.05, 4.69) is 21.4 Å². The molecule has 1 amide bonds. The van der Waals surface area contributed by atoms with Crippen molar-refractivity contribution in [3.05, 3.63) is 47.4 Å². The first-order valence-electron chi connectivity index (χ1n) is 7.32. The summed E-state index contributed by atoms with van der Waals surface area (Å²) in [7, 11) is 0. The molecule has 5 heteroatoms. The standard InChI is InChI=1S/C17H21N3OS/c1-5-15(22-16-9-13(4)18-10-19-16)17(21)20-14-7-11(2)6-12(3)8-14/h6-10,15H,5H2,1-4H3,(H,20,21). The zero-order chi connectivity index (χ0) is 16.1. The highest BCUT2D eigenvalue weighted by Crippen LogP contribution is 2.25. The first-order chi connectivity index (χ1) is 10.5. The monoisotopic (exact) mass is 315 g/mol. The number of amides is 1. The molecule has 0 spiro atoms. The number of thioether (sulfide) groups is 1. The average molecular weight is 315 g/mol. The molecule has 22 heavy (non-hydrogen) atoms. The molecule has 2 rings (SSSR count). The largest absolute Gasteiger partial charge is 0.325 e. The van der Waals surface area contributed by atoms with E-state index in [1.807, 2.05) is 45.9 Å². The summed E-state index contributed by atoms with van der Waals surface area (Å²) in [4.78, 5) is 20.8. The molecule has 1 unspecified atom stereocenters. The third kappa shape index (κ3) is 4.56. The summed E-state index contributed by atoms with van der Waals surface area (Å²) in [5, 5.41) is 3.66. The van der Waals surface area contributed by atoms with Crippen LogP contribution >= 0.6 is 11.8 Å². The highest BCUT2D eigenvalue weighted by molar-refractivity contribution is 8.00. The lowest BCUT2D eigenvalue weighted by atomic mass is 10.1. The van der Waals surface area contributed by atoms with Crippen molar-refractivity contribution < 1.29 is 4.79 Å². The smallest absolute Gasteiger partial charge is 0.237 e. The van der Waals surface area contributed by atoms with Gasteiger partial charge in [-0.2, -0.15) is 0 Å². The second kappa shape index (κ2) is 7.40. The van der Waals surface area contributed by atoms with Gasteiger partial charge in [0, 0.05) is 11.4 Å². The first-order valence-corrected chi connectivity index (χ1v) is 8.20. The Bertz CT molecular complexity index is 652. The maximum Gasteiger partial charge on any atom is 0.237 e. The van der Waals surface area contributed by atoms with E-state index in [1.165, 1.54) is 18.1 Å². The van der Waals surface area contributed by atoms with E-state index in [1.54, 1.807) is 0 Å². The molecule has 1 N–H and O–H groups in total. The lowest BCUT2D eigenvalue weighted by Crippen LogP contribution is -2.24. The second-order valence-corrected chi connectivity index (χ2v) is 6.60. The number of rotatable bonds is 5. The average Bonchev–Trinajstić information content (AvgIpc) is 2.43. The minimum Gasteiger partial charge on any atom is -0.325 e. The van der Waals surface area contributed by atoms with E-state index in [0.717, 1.165) is 34.0 Å². The third-order valence-corrected chi connectivity index (χ3v) is 4.49. The van der Waals surface area contributed by atoms with Gasteiger partial charge < -0.3 is 5.32 Å². The number of nitrogens with zero attached hydrogens (tertiary/aromatic N) is 2. The van der Waals surface area contributed by atoms with Gasteiger partial charge in [0.05, 0.1) is 5.25 Å². The van der Waals surface area contributed by atoms with Gasteiger partial charge in [-0.3, -0.25) is 4.79 Å². The molecule has 0 saturated carbocycles. The number of carbonyl (C=O) groups is 1. The molecule has 1 heterocycles. The van der Waals surface area contributed by atoms with Gasteiger partial charge in [0.2, 0.25) is 5.91 Å². The summed E-state index contributed by atoms with van der Waals surface area (Å²) in [6, 6.07) is 7.96. The molecule has 0 aliphatic rings. The Kier molecular flexibility index (Phi) is 5.55. The van der Waals surface area contributed by atoms with Gasteiger partial charge in [-0.25, -0.2) is 9.97 Å². The fraction of sp³-hybridized carbons (Fsp3) is 0.353. The van der Waals surface area contributed by atoms with Crippen LogP contribution in [0, 0.1) is 20.8 Å². The number of anilines is 1. The maximum absolute atomic E-state index is 12.5. The van der Waals surface area contributed by atoms with Gasteiger partial charge in [-0.15, -0.1) is 0 Å². The summed E-state index contributed by atoms with van der Waals surface area (Å²) in [5.41, 5.74) is 4.03. The molecule has 0 aliphatic carbocycles. The van der Waals surface area contributed by atoms with Crippen molar-refractivity contribution in [3.8, 4) is 0 Å². The van der Waals surface area contributed by atoms with Gasteiger partial charge in [-0.1, -0.05) is 24.8 Å². The van der Waals surface area contributed by atoms with Gasteiger partial charge in [0.15, 0.2) is 0 Å². The van der Waals surface area contributed by atoms with Crippen LogP contribution in [0.5, 0.6) is 0 Å². The lowest BCUT2D eigenvalue weighted by molar-refractivity contribution is -0.115. The highest BCUT2D eigenvalue weighted by atomic mass is 32.2.